The number of carbonyl (C=O) groups excluding carboxylic acids is 1. The van der Waals surface area contributed by atoms with E-state index in [1.807, 2.05) is 13.8 Å². The summed E-state index contributed by atoms with van der Waals surface area (Å²) in [5.41, 5.74) is -3.82. The molecule has 0 amide bonds. The van der Waals surface area contributed by atoms with Crippen molar-refractivity contribution in [2.45, 2.75) is 70.2 Å². The SMILES string of the molecule is CC#C[C@]1(O)CC[C@H]2[C@@H]3CCC4=CC(=O)C=C[C@]4(C)[C@@]3(F)[C@@H](O)C[C@@]21C. The van der Waals surface area contributed by atoms with Crippen molar-refractivity contribution in [2.75, 3.05) is 0 Å². The zero-order valence-corrected chi connectivity index (χ0v) is 15.7. The Morgan fingerprint density at radius 1 is 1.27 bits per heavy atom. The highest BCUT2D eigenvalue weighted by Crippen LogP contribution is 2.69. The van der Waals surface area contributed by atoms with Crippen molar-refractivity contribution in [1.82, 2.24) is 0 Å². The van der Waals surface area contributed by atoms with Crippen molar-refractivity contribution in [3.05, 3.63) is 23.8 Å². The minimum absolute atomic E-state index is 0.0360. The number of ketones is 1. The monoisotopic (exact) mass is 358 g/mol. The molecule has 0 spiro atoms. The number of fused-ring (bicyclic) bond motifs is 5. The second-order valence-electron chi connectivity index (χ2n) is 9.04. The summed E-state index contributed by atoms with van der Waals surface area (Å²) in [4.78, 5) is 11.8. The van der Waals surface area contributed by atoms with Crippen LogP contribution in [0.4, 0.5) is 4.39 Å². The van der Waals surface area contributed by atoms with Crippen molar-refractivity contribution >= 4 is 5.78 Å². The average molecular weight is 358 g/mol. The van der Waals surface area contributed by atoms with Crippen LogP contribution >= 0.6 is 0 Å². The highest BCUT2D eigenvalue weighted by molar-refractivity contribution is 6.01. The van der Waals surface area contributed by atoms with E-state index in [0.29, 0.717) is 25.7 Å². The van der Waals surface area contributed by atoms with Gasteiger partial charge < -0.3 is 10.2 Å². The Labute approximate surface area is 154 Å². The lowest BCUT2D eigenvalue weighted by atomic mass is 9.45. The van der Waals surface area contributed by atoms with Gasteiger partial charge >= 0.3 is 0 Å². The zero-order chi connectivity index (χ0) is 19.0. The molecule has 0 aromatic carbocycles. The van der Waals surface area contributed by atoms with Gasteiger partial charge in [0.25, 0.3) is 0 Å². The molecule has 7 atom stereocenters. The van der Waals surface area contributed by atoms with Gasteiger partial charge in [-0.3, -0.25) is 4.79 Å². The first kappa shape index (κ1) is 17.9. The maximum Gasteiger partial charge on any atom is 0.178 e. The minimum Gasteiger partial charge on any atom is -0.390 e. The largest absolute Gasteiger partial charge is 0.390 e. The Balaban J connectivity index is 1.83. The Hall–Kier alpha value is -1.44. The first-order valence-electron chi connectivity index (χ1n) is 9.60. The van der Waals surface area contributed by atoms with Crippen molar-refractivity contribution < 1.29 is 19.4 Å². The molecule has 0 bridgehead atoms. The van der Waals surface area contributed by atoms with Crippen molar-refractivity contribution in [3.63, 3.8) is 0 Å². The highest BCUT2D eigenvalue weighted by Gasteiger charge is 2.72. The fraction of sp³-hybridized carbons (Fsp3) is 0.682. The van der Waals surface area contributed by atoms with Gasteiger partial charge in [0.05, 0.1) is 6.10 Å². The molecule has 26 heavy (non-hydrogen) atoms. The predicted octanol–water partition coefficient (Wildman–Crippen LogP) is 3.11. The number of hydrogen-bond acceptors (Lipinski definition) is 3. The molecule has 3 nitrogen and oxygen atoms in total. The van der Waals surface area contributed by atoms with Gasteiger partial charge in [-0.2, -0.15) is 0 Å². The third-order valence-electron chi connectivity index (χ3n) is 8.12. The molecule has 140 valence electrons. The summed E-state index contributed by atoms with van der Waals surface area (Å²) in [6, 6.07) is 0. The van der Waals surface area contributed by atoms with Gasteiger partial charge in [0.15, 0.2) is 11.5 Å². The molecule has 0 aliphatic heterocycles. The topological polar surface area (TPSA) is 57.5 Å². The Morgan fingerprint density at radius 3 is 2.69 bits per heavy atom. The number of allylic oxidation sites excluding steroid dienone is 4. The predicted molar refractivity (Wildman–Crippen MR) is 96.8 cm³/mol. The van der Waals surface area contributed by atoms with Crippen LogP contribution in [0.3, 0.4) is 0 Å². The maximum absolute atomic E-state index is 16.7. The van der Waals surface area contributed by atoms with Crippen LogP contribution in [-0.4, -0.2) is 33.4 Å². The van der Waals surface area contributed by atoms with Gasteiger partial charge in [-0.15, -0.1) is 5.92 Å². The third kappa shape index (κ3) is 1.89. The summed E-state index contributed by atoms with van der Waals surface area (Å²) in [5, 5.41) is 22.3. The van der Waals surface area contributed by atoms with Crippen molar-refractivity contribution in [3.8, 4) is 11.8 Å². The summed E-state index contributed by atoms with van der Waals surface area (Å²) in [5.74, 6) is 5.29. The van der Waals surface area contributed by atoms with Gasteiger partial charge in [0.1, 0.15) is 5.60 Å². The fourth-order valence-electron chi connectivity index (χ4n) is 6.63. The van der Waals surface area contributed by atoms with Crippen LogP contribution in [0.15, 0.2) is 23.8 Å². The molecule has 0 aromatic rings. The molecule has 4 aliphatic rings. The van der Waals surface area contributed by atoms with E-state index < -0.39 is 28.2 Å². The van der Waals surface area contributed by atoms with Crippen LogP contribution in [0.5, 0.6) is 0 Å². The molecule has 0 unspecified atom stereocenters. The highest BCUT2D eigenvalue weighted by atomic mass is 19.1. The first-order chi connectivity index (χ1) is 12.1. The fourth-order valence-corrected chi connectivity index (χ4v) is 6.63. The van der Waals surface area contributed by atoms with E-state index in [1.54, 1.807) is 19.1 Å². The summed E-state index contributed by atoms with van der Waals surface area (Å²) < 4.78 is 16.7. The van der Waals surface area contributed by atoms with E-state index in [4.69, 9.17) is 0 Å². The van der Waals surface area contributed by atoms with Gasteiger partial charge in [0, 0.05) is 16.7 Å². The van der Waals surface area contributed by atoms with Gasteiger partial charge in [-0.25, -0.2) is 4.39 Å². The van der Waals surface area contributed by atoms with E-state index in [1.165, 1.54) is 6.08 Å². The molecule has 2 N–H and O–H groups in total. The summed E-state index contributed by atoms with van der Waals surface area (Å²) in [7, 11) is 0. The van der Waals surface area contributed by atoms with Crippen LogP contribution in [0.1, 0.15) is 52.9 Å². The quantitative estimate of drug-likeness (QED) is 0.654. The third-order valence-corrected chi connectivity index (χ3v) is 8.12. The molecule has 3 fully saturated rings. The molecule has 4 rings (SSSR count). The number of aliphatic hydroxyl groups excluding tert-OH is 1. The smallest absolute Gasteiger partial charge is 0.178 e. The summed E-state index contributed by atoms with van der Waals surface area (Å²) in [6.07, 6.45) is 6.09. The van der Waals surface area contributed by atoms with Gasteiger partial charge in [-0.1, -0.05) is 24.5 Å². The molecule has 0 heterocycles. The van der Waals surface area contributed by atoms with E-state index in [0.717, 1.165) is 5.57 Å². The van der Waals surface area contributed by atoms with Crippen LogP contribution in [0, 0.1) is 34.5 Å². The molecule has 3 saturated carbocycles. The number of carbonyl (C=O) groups is 1. The normalized spacial score (nSPS) is 52.3. The minimum atomic E-state index is -1.83. The summed E-state index contributed by atoms with van der Waals surface area (Å²) >= 11 is 0. The number of aliphatic hydroxyl groups is 2. The number of rotatable bonds is 0. The van der Waals surface area contributed by atoms with E-state index in [9.17, 15) is 15.0 Å². The molecule has 4 heteroatoms. The first-order valence-corrected chi connectivity index (χ1v) is 9.60. The number of halogens is 1. The molecular weight excluding hydrogens is 331 g/mol. The zero-order valence-electron chi connectivity index (χ0n) is 15.7. The lowest BCUT2D eigenvalue weighted by molar-refractivity contribution is -0.208. The maximum atomic E-state index is 16.7. The summed E-state index contributed by atoms with van der Waals surface area (Å²) in [6.45, 7) is 5.48. The second-order valence-corrected chi connectivity index (χ2v) is 9.04. The van der Waals surface area contributed by atoms with Gasteiger partial charge in [0.2, 0.25) is 0 Å². The van der Waals surface area contributed by atoms with Crippen LogP contribution in [0.25, 0.3) is 0 Å². The van der Waals surface area contributed by atoms with E-state index in [-0.39, 0.29) is 24.0 Å². The second kappa shape index (κ2) is 5.30. The van der Waals surface area contributed by atoms with Crippen LogP contribution in [0.2, 0.25) is 0 Å². The Bertz CT molecular complexity index is 789. The van der Waals surface area contributed by atoms with Crippen LogP contribution in [-0.2, 0) is 4.79 Å². The average Bonchev–Trinajstić information content (AvgIpc) is 2.82. The molecule has 0 radical (unpaired) electrons. The molecule has 0 aromatic heterocycles. The Kier molecular flexibility index (Phi) is 3.66. The lowest BCUT2D eigenvalue weighted by Gasteiger charge is -2.62. The lowest BCUT2D eigenvalue weighted by Crippen LogP contribution is -2.68. The molecule has 0 saturated heterocycles. The number of hydrogen-bond donors (Lipinski definition) is 2. The van der Waals surface area contributed by atoms with Crippen molar-refractivity contribution in [1.29, 1.82) is 0 Å². The standard InChI is InChI=1S/C22H27FO3/c1-4-9-21(26)11-8-16-17-6-5-14-12-15(24)7-10-19(14,2)22(17,23)18(25)13-20(16,21)3/h7,10,12,16-18,25-26H,5-6,8,11,13H2,1-3H3/t16-,17-,18-,19-,20-,21-,22-/m0/s1. The van der Waals surface area contributed by atoms with Crippen LogP contribution < -0.4 is 0 Å². The van der Waals surface area contributed by atoms with Crippen molar-refractivity contribution in [2.24, 2.45) is 22.7 Å². The van der Waals surface area contributed by atoms with E-state index in [2.05, 4.69) is 11.8 Å². The number of alkyl halides is 1. The molecular formula is C22H27FO3. The molecule has 4 aliphatic carbocycles. The Morgan fingerprint density at radius 2 is 2.00 bits per heavy atom. The van der Waals surface area contributed by atoms with Gasteiger partial charge in [-0.05, 0) is 64.0 Å². The van der Waals surface area contributed by atoms with E-state index >= 15 is 4.39 Å².